The highest BCUT2D eigenvalue weighted by Gasteiger charge is 2.33. The Balaban J connectivity index is 1.56. The molecule has 0 spiro atoms. The van der Waals surface area contributed by atoms with E-state index in [0.29, 0.717) is 42.6 Å². The van der Waals surface area contributed by atoms with Gasteiger partial charge in [-0.2, -0.15) is 13.2 Å². The lowest BCUT2D eigenvalue weighted by molar-refractivity contribution is -0.137. The molecule has 0 aliphatic carbocycles. The highest BCUT2D eigenvalue weighted by Crippen LogP contribution is 2.37. The minimum absolute atomic E-state index is 0.0993. The molecule has 3 aromatic rings. The summed E-state index contributed by atoms with van der Waals surface area (Å²) in [5.41, 5.74) is 1.62. The second-order valence-electron chi connectivity index (χ2n) is 7.30. The van der Waals surface area contributed by atoms with Crippen molar-refractivity contribution >= 4 is 5.91 Å². The Hall–Kier alpha value is -3.15. The molecule has 0 aromatic heterocycles. The van der Waals surface area contributed by atoms with Crippen molar-refractivity contribution in [1.29, 1.82) is 0 Å². The molecule has 1 heterocycles. The molecular weight excluding hydrogens is 394 g/mol. The second kappa shape index (κ2) is 7.94. The summed E-state index contributed by atoms with van der Waals surface area (Å²) in [6.07, 6.45) is -3.50. The molecule has 154 valence electrons. The van der Waals surface area contributed by atoms with Gasteiger partial charge in [0, 0.05) is 18.7 Å². The third kappa shape index (κ3) is 3.95. The Bertz CT molecular complexity index is 1090. The molecule has 1 aliphatic rings. The van der Waals surface area contributed by atoms with Gasteiger partial charge in [0.15, 0.2) is 0 Å². The fourth-order valence-electron chi connectivity index (χ4n) is 3.86. The first-order valence-corrected chi connectivity index (χ1v) is 9.67. The Kier molecular flexibility index (Phi) is 5.33. The van der Waals surface area contributed by atoms with Gasteiger partial charge in [-0.3, -0.25) is 4.79 Å². The van der Waals surface area contributed by atoms with E-state index in [-0.39, 0.29) is 17.3 Å². The summed E-state index contributed by atoms with van der Waals surface area (Å²) in [6, 6.07) is 16.7. The minimum Gasteiger partial charge on any atom is -0.338 e. The van der Waals surface area contributed by atoms with Crippen LogP contribution in [0.25, 0.3) is 11.1 Å². The number of benzene rings is 3. The molecular formula is C24H19F4NO. The predicted octanol–water partition coefficient (Wildman–Crippen LogP) is 5.75. The van der Waals surface area contributed by atoms with Crippen molar-refractivity contribution in [3.8, 4) is 11.1 Å². The number of rotatable bonds is 4. The summed E-state index contributed by atoms with van der Waals surface area (Å²) >= 11 is 0. The zero-order chi connectivity index (χ0) is 21.3. The highest BCUT2D eigenvalue weighted by molar-refractivity contribution is 5.97. The number of nitrogens with zero attached hydrogens (tertiary/aromatic N) is 1. The fraction of sp³-hybridized carbons (Fsp3) is 0.208. The monoisotopic (exact) mass is 413 g/mol. The summed E-state index contributed by atoms with van der Waals surface area (Å²) < 4.78 is 53.9. The molecule has 1 aliphatic heterocycles. The third-order valence-corrected chi connectivity index (χ3v) is 5.43. The zero-order valence-corrected chi connectivity index (χ0v) is 16.0. The minimum atomic E-state index is -4.45. The zero-order valence-electron chi connectivity index (χ0n) is 16.0. The van der Waals surface area contributed by atoms with Crippen molar-refractivity contribution in [2.75, 3.05) is 13.1 Å². The maximum atomic E-state index is 13.8. The van der Waals surface area contributed by atoms with Gasteiger partial charge in [0.25, 0.3) is 5.91 Å². The second-order valence-corrected chi connectivity index (χ2v) is 7.30. The number of hydrogen-bond donors (Lipinski definition) is 0. The molecule has 0 saturated carbocycles. The van der Waals surface area contributed by atoms with Gasteiger partial charge in [0.2, 0.25) is 0 Å². The SMILES string of the molecule is O=C1c2ccc(-c3ccccc3C(F)(F)F)cc2CCN1CCc1ccccc1F. The van der Waals surface area contributed by atoms with E-state index in [0.717, 1.165) is 11.6 Å². The van der Waals surface area contributed by atoms with Gasteiger partial charge in [0.1, 0.15) is 5.82 Å². The van der Waals surface area contributed by atoms with Crippen molar-refractivity contribution in [3.63, 3.8) is 0 Å². The molecule has 3 aromatic carbocycles. The van der Waals surface area contributed by atoms with E-state index in [4.69, 9.17) is 0 Å². The van der Waals surface area contributed by atoms with Crippen LogP contribution >= 0.6 is 0 Å². The van der Waals surface area contributed by atoms with Gasteiger partial charge >= 0.3 is 6.18 Å². The number of fused-ring (bicyclic) bond motifs is 1. The van der Waals surface area contributed by atoms with Crippen molar-refractivity contribution in [2.45, 2.75) is 19.0 Å². The lowest BCUT2D eigenvalue weighted by Crippen LogP contribution is -2.39. The number of halogens is 4. The van der Waals surface area contributed by atoms with E-state index >= 15 is 0 Å². The van der Waals surface area contributed by atoms with Gasteiger partial charge in [-0.1, -0.05) is 48.5 Å². The summed E-state index contributed by atoms with van der Waals surface area (Å²) in [7, 11) is 0. The van der Waals surface area contributed by atoms with Gasteiger partial charge < -0.3 is 4.90 Å². The smallest absolute Gasteiger partial charge is 0.338 e. The van der Waals surface area contributed by atoms with Crippen LogP contribution in [0.2, 0.25) is 0 Å². The van der Waals surface area contributed by atoms with Gasteiger partial charge in [-0.05, 0) is 53.3 Å². The number of alkyl halides is 3. The standard InChI is InChI=1S/C24H19F4NO/c25-22-8-4-1-5-16(22)11-13-29-14-12-18-15-17(9-10-20(18)23(29)30)19-6-2-3-7-21(19)24(26,27)28/h1-10,15H,11-14H2. The van der Waals surface area contributed by atoms with Crippen molar-refractivity contribution in [2.24, 2.45) is 0 Å². The first-order valence-electron chi connectivity index (χ1n) is 9.67. The molecule has 6 heteroatoms. The van der Waals surface area contributed by atoms with Crippen LogP contribution in [-0.4, -0.2) is 23.9 Å². The van der Waals surface area contributed by atoms with Crippen molar-refractivity contribution < 1.29 is 22.4 Å². The molecule has 0 bridgehead atoms. The number of carbonyl (C=O) groups excluding carboxylic acids is 1. The summed E-state index contributed by atoms with van der Waals surface area (Å²) in [6.45, 7) is 0.836. The maximum absolute atomic E-state index is 13.8. The first kappa shape index (κ1) is 20.1. The molecule has 0 atom stereocenters. The van der Waals surface area contributed by atoms with Crippen LogP contribution in [0.15, 0.2) is 66.7 Å². The van der Waals surface area contributed by atoms with E-state index in [1.165, 1.54) is 18.2 Å². The molecule has 0 radical (unpaired) electrons. The fourth-order valence-corrected chi connectivity index (χ4v) is 3.86. The number of hydrogen-bond acceptors (Lipinski definition) is 1. The largest absolute Gasteiger partial charge is 0.417 e. The average molecular weight is 413 g/mol. The van der Waals surface area contributed by atoms with Gasteiger partial charge in [0.05, 0.1) is 5.56 Å². The Labute approximate surface area is 171 Å². The van der Waals surface area contributed by atoms with Crippen LogP contribution < -0.4 is 0 Å². The van der Waals surface area contributed by atoms with Crippen LogP contribution in [0.3, 0.4) is 0 Å². The molecule has 0 fully saturated rings. The molecule has 1 amide bonds. The van der Waals surface area contributed by atoms with Crippen LogP contribution in [0.5, 0.6) is 0 Å². The average Bonchev–Trinajstić information content (AvgIpc) is 2.73. The predicted molar refractivity (Wildman–Crippen MR) is 107 cm³/mol. The molecule has 30 heavy (non-hydrogen) atoms. The Morgan fingerprint density at radius 2 is 1.63 bits per heavy atom. The lowest BCUT2D eigenvalue weighted by Gasteiger charge is -2.29. The van der Waals surface area contributed by atoms with E-state index in [9.17, 15) is 22.4 Å². The van der Waals surface area contributed by atoms with Crippen LogP contribution in [0.4, 0.5) is 17.6 Å². The third-order valence-electron chi connectivity index (χ3n) is 5.43. The lowest BCUT2D eigenvalue weighted by atomic mass is 9.92. The normalized spacial score (nSPS) is 14.0. The van der Waals surface area contributed by atoms with Crippen molar-refractivity contribution in [1.82, 2.24) is 4.90 Å². The van der Waals surface area contributed by atoms with Gasteiger partial charge in [-0.15, -0.1) is 0 Å². The topological polar surface area (TPSA) is 20.3 Å². The van der Waals surface area contributed by atoms with E-state index in [1.54, 1.807) is 47.4 Å². The summed E-state index contributed by atoms with van der Waals surface area (Å²) in [5, 5.41) is 0. The summed E-state index contributed by atoms with van der Waals surface area (Å²) in [5.74, 6) is -0.474. The first-order chi connectivity index (χ1) is 14.3. The molecule has 2 nitrogen and oxygen atoms in total. The Morgan fingerprint density at radius 1 is 0.900 bits per heavy atom. The highest BCUT2D eigenvalue weighted by atomic mass is 19.4. The quantitative estimate of drug-likeness (QED) is 0.499. The molecule has 0 N–H and O–H groups in total. The van der Waals surface area contributed by atoms with Crippen LogP contribution in [-0.2, 0) is 19.0 Å². The van der Waals surface area contributed by atoms with E-state index in [2.05, 4.69) is 0 Å². The van der Waals surface area contributed by atoms with Crippen LogP contribution in [0.1, 0.15) is 27.0 Å². The van der Waals surface area contributed by atoms with Crippen LogP contribution in [0, 0.1) is 5.82 Å². The molecule has 0 unspecified atom stereocenters. The molecule has 0 saturated heterocycles. The summed E-state index contributed by atoms with van der Waals surface area (Å²) in [4.78, 5) is 14.5. The number of amides is 1. The van der Waals surface area contributed by atoms with Gasteiger partial charge in [-0.25, -0.2) is 4.39 Å². The number of carbonyl (C=O) groups is 1. The Morgan fingerprint density at radius 3 is 2.40 bits per heavy atom. The van der Waals surface area contributed by atoms with E-state index < -0.39 is 11.7 Å². The van der Waals surface area contributed by atoms with Crippen molar-refractivity contribution in [3.05, 3.63) is 94.8 Å². The van der Waals surface area contributed by atoms with E-state index in [1.807, 2.05) is 0 Å². The molecule has 4 rings (SSSR count). The maximum Gasteiger partial charge on any atom is 0.417 e.